The molecule has 4 N–H and O–H groups in total. The Morgan fingerprint density at radius 1 is 1.27 bits per heavy atom. The lowest BCUT2D eigenvalue weighted by Crippen LogP contribution is -2.40. The van der Waals surface area contributed by atoms with Crippen LogP contribution in [0, 0.1) is 5.92 Å². The van der Waals surface area contributed by atoms with Gasteiger partial charge in [0.1, 0.15) is 0 Å². The van der Waals surface area contributed by atoms with Gasteiger partial charge in [-0.25, -0.2) is 4.98 Å². The van der Waals surface area contributed by atoms with Crippen LogP contribution in [0.5, 0.6) is 0 Å². The van der Waals surface area contributed by atoms with Crippen molar-refractivity contribution in [3.05, 3.63) is 33.5 Å². The standard InChI is InChI=1S/C16H20N4O2S2.2ClH/c17-8-10-3-1-4-12(10)19-14(21)7-11-9-24-16(18-11)20-15(22)13-5-2-6-23-13;;/h2,5-6,9-10,12H,1,3-4,7-8,17H2,(H,19,21)(H,18,20,22);2*1H. The molecule has 6 nitrogen and oxygen atoms in total. The lowest BCUT2D eigenvalue weighted by Gasteiger charge is -2.19. The molecular weight excluding hydrogens is 415 g/mol. The number of rotatable bonds is 6. The maximum Gasteiger partial charge on any atom is 0.267 e. The second-order valence-electron chi connectivity index (χ2n) is 5.85. The Morgan fingerprint density at radius 2 is 2.08 bits per heavy atom. The number of nitrogens with one attached hydrogen (secondary N) is 2. The molecule has 1 aliphatic carbocycles. The lowest BCUT2D eigenvalue weighted by molar-refractivity contribution is -0.121. The number of hydrogen-bond donors (Lipinski definition) is 3. The highest BCUT2D eigenvalue weighted by molar-refractivity contribution is 7.14. The molecular formula is C16H22Cl2N4O2S2. The molecule has 2 aromatic heterocycles. The minimum absolute atomic E-state index is 0. The number of nitrogens with zero attached hydrogens (tertiary/aromatic N) is 1. The van der Waals surface area contributed by atoms with E-state index in [1.54, 1.807) is 11.4 Å². The molecule has 3 rings (SSSR count). The van der Waals surface area contributed by atoms with Crippen LogP contribution in [-0.4, -0.2) is 29.4 Å². The van der Waals surface area contributed by atoms with Crippen molar-refractivity contribution in [2.24, 2.45) is 11.7 Å². The Kier molecular flexibility index (Phi) is 9.52. The molecule has 26 heavy (non-hydrogen) atoms. The predicted octanol–water partition coefficient (Wildman–Crippen LogP) is 3.09. The smallest absolute Gasteiger partial charge is 0.267 e. The van der Waals surface area contributed by atoms with Gasteiger partial charge in [0.05, 0.1) is 17.0 Å². The Hall–Kier alpha value is -1.19. The van der Waals surface area contributed by atoms with Crippen molar-refractivity contribution in [1.82, 2.24) is 10.3 Å². The number of carbonyl (C=O) groups is 2. The van der Waals surface area contributed by atoms with E-state index in [-0.39, 0.29) is 49.1 Å². The van der Waals surface area contributed by atoms with Gasteiger partial charge in [0.2, 0.25) is 5.91 Å². The van der Waals surface area contributed by atoms with E-state index in [1.807, 2.05) is 11.4 Å². The number of halogens is 2. The van der Waals surface area contributed by atoms with Crippen molar-refractivity contribution in [3.8, 4) is 0 Å². The van der Waals surface area contributed by atoms with Crippen molar-refractivity contribution in [1.29, 1.82) is 0 Å². The van der Waals surface area contributed by atoms with E-state index in [9.17, 15) is 9.59 Å². The fourth-order valence-corrected chi connectivity index (χ4v) is 4.27. The van der Waals surface area contributed by atoms with E-state index < -0.39 is 0 Å². The molecule has 2 unspecified atom stereocenters. The molecule has 144 valence electrons. The van der Waals surface area contributed by atoms with Crippen molar-refractivity contribution >= 4 is 64.4 Å². The van der Waals surface area contributed by atoms with Crippen molar-refractivity contribution in [2.75, 3.05) is 11.9 Å². The first-order valence-electron chi connectivity index (χ1n) is 7.94. The molecule has 0 aromatic carbocycles. The average Bonchev–Trinajstić information content (AvgIpc) is 3.28. The number of hydrogen-bond acceptors (Lipinski definition) is 6. The number of carbonyl (C=O) groups excluding carboxylic acids is 2. The molecule has 2 aromatic rings. The summed E-state index contributed by atoms with van der Waals surface area (Å²) in [4.78, 5) is 29.1. The number of anilines is 1. The van der Waals surface area contributed by atoms with Gasteiger partial charge in [0.25, 0.3) is 5.91 Å². The van der Waals surface area contributed by atoms with E-state index in [1.165, 1.54) is 22.7 Å². The molecule has 2 heterocycles. The summed E-state index contributed by atoms with van der Waals surface area (Å²) in [5.41, 5.74) is 6.41. The SMILES string of the molecule is Cl.Cl.NCC1CCCC1NC(=O)Cc1csc(NC(=O)c2cccs2)n1. The van der Waals surface area contributed by atoms with E-state index in [2.05, 4.69) is 15.6 Å². The summed E-state index contributed by atoms with van der Waals surface area (Å²) in [6, 6.07) is 3.77. The van der Waals surface area contributed by atoms with E-state index in [4.69, 9.17) is 5.73 Å². The summed E-state index contributed by atoms with van der Waals surface area (Å²) >= 11 is 2.70. The van der Waals surface area contributed by atoms with Gasteiger partial charge in [-0.1, -0.05) is 12.5 Å². The fourth-order valence-electron chi connectivity index (χ4n) is 2.94. The van der Waals surface area contributed by atoms with Gasteiger partial charge in [-0.05, 0) is 36.8 Å². The number of amides is 2. The van der Waals surface area contributed by atoms with Gasteiger partial charge in [-0.15, -0.1) is 47.5 Å². The van der Waals surface area contributed by atoms with E-state index in [0.717, 1.165) is 19.3 Å². The summed E-state index contributed by atoms with van der Waals surface area (Å²) in [5, 5.41) is 9.99. The molecule has 2 amide bonds. The van der Waals surface area contributed by atoms with Gasteiger partial charge in [-0.3, -0.25) is 14.9 Å². The van der Waals surface area contributed by atoms with Crippen molar-refractivity contribution in [3.63, 3.8) is 0 Å². The third-order valence-electron chi connectivity index (χ3n) is 4.17. The van der Waals surface area contributed by atoms with Crippen LogP contribution < -0.4 is 16.4 Å². The average molecular weight is 437 g/mol. The van der Waals surface area contributed by atoms with Crippen LogP contribution in [-0.2, 0) is 11.2 Å². The zero-order valence-electron chi connectivity index (χ0n) is 14.0. The monoisotopic (exact) mass is 436 g/mol. The first kappa shape index (κ1) is 22.9. The van der Waals surface area contributed by atoms with Crippen LogP contribution >= 0.6 is 47.5 Å². The maximum atomic E-state index is 12.2. The van der Waals surface area contributed by atoms with Crippen LogP contribution in [0.3, 0.4) is 0 Å². The summed E-state index contributed by atoms with van der Waals surface area (Å²) in [5.74, 6) is 0.166. The molecule has 0 aliphatic heterocycles. The summed E-state index contributed by atoms with van der Waals surface area (Å²) < 4.78 is 0. The van der Waals surface area contributed by atoms with Crippen LogP contribution in [0.4, 0.5) is 5.13 Å². The second kappa shape index (κ2) is 10.8. The zero-order chi connectivity index (χ0) is 16.9. The molecule has 1 aliphatic rings. The van der Waals surface area contributed by atoms with E-state index in [0.29, 0.717) is 28.2 Å². The molecule has 0 radical (unpaired) electrons. The van der Waals surface area contributed by atoms with Crippen LogP contribution in [0.15, 0.2) is 22.9 Å². The first-order valence-corrected chi connectivity index (χ1v) is 9.70. The number of thiazole rings is 1. The Labute approximate surface area is 172 Å². The van der Waals surface area contributed by atoms with Gasteiger partial charge < -0.3 is 11.1 Å². The van der Waals surface area contributed by atoms with Crippen LogP contribution in [0.25, 0.3) is 0 Å². The molecule has 1 fully saturated rings. The highest BCUT2D eigenvalue weighted by Gasteiger charge is 2.27. The minimum Gasteiger partial charge on any atom is -0.353 e. The molecule has 0 bridgehead atoms. The largest absolute Gasteiger partial charge is 0.353 e. The Morgan fingerprint density at radius 3 is 2.77 bits per heavy atom. The van der Waals surface area contributed by atoms with Gasteiger partial charge in [0, 0.05) is 11.4 Å². The van der Waals surface area contributed by atoms with Gasteiger partial charge in [0.15, 0.2) is 5.13 Å². The maximum absolute atomic E-state index is 12.2. The molecule has 10 heteroatoms. The third kappa shape index (κ3) is 5.92. The number of aromatic nitrogens is 1. The normalized spacial score (nSPS) is 18.5. The third-order valence-corrected chi connectivity index (χ3v) is 5.84. The molecule has 1 saturated carbocycles. The fraction of sp³-hybridized carbons (Fsp3) is 0.438. The van der Waals surface area contributed by atoms with Crippen molar-refractivity contribution in [2.45, 2.75) is 31.7 Å². The van der Waals surface area contributed by atoms with Crippen LogP contribution in [0.2, 0.25) is 0 Å². The topological polar surface area (TPSA) is 97.1 Å². The summed E-state index contributed by atoms with van der Waals surface area (Å²) in [7, 11) is 0. The summed E-state index contributed by atoms with van der Waals surface area (Å²) in [6.07, 6.45) is 3.41. The number of thiophene rings is 1. The number of nitrogens with two attached hydrogens (primary N) is 1. The summed E-state index contributed by atoms with van der Waals surface area (Å²) in [6.45, 7) is 0.612. The van der Waals surface area contributed by atoms with E-state index >= 15 is 0 Å². The van der Waals surface area contributed by atoms with Gasteiger partial charge in [-0.2, -0.15) is 0 Å². The first-order chi connectivity index (χ1) is 11.7. The minimum atomic E-state index is -0.174. The van der Waals surface area contributed by atoms with Crippen molar-refractivity contribution < 1.29 is 9.59 Å². The molecule has 0 saturated heterocycles. The quantitative estimate of drug-likeness (QED) is 0.647. The predicted molar refractivity (Wildman–Crippen MR) is 111 cm³/mol. The zero-order valence-corrected chi connectivity index (χ0v) is 17.2. The Bertz CT molecular complexity index is 709. The Balaban J connectivity index is 0.00000169. The molecule has 0 spiro atoms. The highest BCUT2D eigenvalue weighted by atomic mass is 35.5. The lowest BCUT2D eigenvalue weighted by atomic mass is 10.0. The van der Waals surface area contributed by atoms with Gasteiger partial charge >= 0.3 is 0 Å². The molecule has 2 atom stereocenters. The van der Waals surface area contributed by atoms with Crippen LogP contribution in [0.1, 0.15) is 34.6 Å². The second-order valence-corrected chi connectivity index (χ2v) is 7.66. The highest BCUT2D eigenvalue weighted by Crippen LogP contribution is 2.25.